The number of hydrogen-bond acceptors (Lipinski definition) is 5. The Morgan fingerprint density at radius 2 is 1.86 bits per heavy atom. The summed E-state index contributed by atoms with van der Waals surface area (Å²) in [5.41, 5.74) is 5.41. The summed E-state index contributed by atoms with van der Waals surface area (Å²) in [4.78, 5) is 24.8. The average Bonchev–Trinajstić information content (AvgIpc) is 3.03. The van der Waals surface area contributed by atoms with Crippen molar-refractivity contribution in [2.75, 3.05) is 7.11 Å². The first kappa shape index (κ1) is 19.7. The lowest BCUT2D eigenvalue weighted by atomic mass is 9.93. The summed E-state index contributed by atoms with van der Waals surface area (Å²) >= 11 is 0. The van der Waals surface area contributed by atoms with Gasteiger partial charge in [-0.3, -0.25) is 9.59 Å². The lowest BCUT2D eigenvalue weighted by molar-refractivity contribution is 0.0911. The molecule has 28 heavy (non-hydrogen) atoms. The minimum atomic E-state index is -0.304. The highest BCUT2D eigenvalue weighted by molar-refractivity contribution is 6.07. The number of rotatable bonds is 5. The van der Waals surface area contributed by atoms with Crippen LogP contribution in [-0.2, 0) is 6.42 Å². The third-order valence-electron chi connectivity index (χ3n) is 4.60. The second kappa shape index (κ2) is 8.29. The van der Waals surface area contributed by atoms with Gasteiger partial charge < -0.3 is 14.5 Å². The Morgan fingerprint density at radius 1 is 1.14 bits per heavy atom. The van der Waals surface area contributed by atoms with Gasteiger partial charge in [0.1, 0.15) is 11.5 Å². The summed E-state index contributed by atoms with van der Waals surface area (Å²) in [5.74, 6) is 1.20. The average molecular weight is 383 g/mol. The van der Waals surface area contributed by atoms with Gasteiger partial charge >= 0.3 is 0 Å². The van der Waals surface area contributed by atoms with Crippen LogP contribution in [0.3, 0.4) is 0 Å². The van der Waals surface area contributed by atoms with Gasteiger partial charge in [-0.25, -0.2) is 5.43 Å². The summed E-state index contributed by atoms with van der Waals surface area (Å²) in [6.45, 7) is 5.65. The summed E-state index contributed by atoms with van der Waals surface area (Å²) in [5, 5.41) is 7.18. The highest BCUT2D eigenvalue weighted by atomic mass is 16.5. The van der Waals surface area contributed by atoms with Gasteiger partial charge in [-0.05, 0) is 57.9 Å². The van der Waals surface area contributed by atoms with Crippen LogP contribution in [0.2, 0.25) is 0 Å². The van der Waals surface area contributed by atoms with E-state index in [1.54, 1.807) is 31.4 Å². The third kappa shape index (κ3) is 4.08. The number of methoxy groups -OCH3 is 1. The molecule has 1 aromatic heterocycles. The molecule has 2 amide bonds. The van der Waals surface area contributed by atoms with E-state index in [0.717, 1.165) is 35.4 Å². The number of nitrogens with zero attached hydrogens (tertiary/aromatic N) is 1. The molecule has 1 aromatic carbocycles. The van der Waals surface area contributed by atoms with E-state index in [0.29, 0.717) is 23.5 Å². The van der Waals surface area contributed by atoms with Gasteiger partial charge in [0.2, 0.25) is 0 Å². The molecule has 1 heterocycles. The molecule has 0 unspecified atom stereocenters. The van der Waals surface area contributed by atoms with Gasteiger partial charge in [0.05, 0.1) is 12.8 Å². The molecule has 1 aliphatic carbocycles. The van der Waals surface area contributed by atoms with Gasteiger partial charge in [-0.2, -0.15) is 5.10 Å². The number of furan rings is 1. The topological polar surface area (TPSA) is 92.9 Å². The van der Waals surface area contributed by atoms with Crippen molar-refractivity contribution in [1.82, 2.24) is 10.7 Å². The Balaban J connectivity index is 1.82. The maximum Gasteiger partial charge on any atom is 0.287 e. The van der Waals surface area contributed by atoms with Gasteiger partial charge in [0.25, 0.3) is 11.8 Å². The van der Waals surface area contributed by atoms with E-state index in [1.807, 2.05) is 20.8 Å². The van der Waals surface area contributed by atoms with E-state index < -0.39 is 0 Å². The molecule has 7 nitrogen and oxygen atoms in total. The minimum absolute atomic E-state index is 0.0194. The van der Waals surface area contributed by atoms with E-state index in [-0.39, 0.29) is 17.9 Å². The lowest BCUT2D eigenvalue weighted by Crippen LogP contribution is -2.30. The smallest absolute Gasteiger partial charge is 0.287 e. The van der Waals surface area contributed by atoms with Crippen molar-refractivity contribution < 1.29 is 18.7 Å². The van der Waals surface area contributed by atoms with Crippen LogP contribution in [0.1, 0.15) is 64.5 Å². The van der Waals surface area contributed by atoms with Gasteiger partial charge in [0.15, 0.2) is 5.76 Å². The molecule has 0 radical (unpaired) electrons. The molecule has 148 valence electrons. The fraction of sp³-hybridized carbons (Fsp3) is 0.381. The van der Waals surface area contributed by atoms with Crippen LogP contribution >= 0.6 is 0 Å². The zero-order valence-electron chi connectivity index (χ0n) is 16.6. The predicted molar refractivity (Wildman–Crippen MR) is 106 cm³/mol. The van der Waals surface area contributed by atoms with Crippen LogP contribution in [0.15, 0.2) is 33.8 Å². The molecule has 3 rings (SSSR count). The van der Waals surface area contributed by atoms with E-state index in [4.69, 9.17) is 9.15 Å². The number of carbonyl (C=O) groups is 2. The molecule has 0 atom stereocenters. The molecule has 2 N–H and O–H groups in total. The van der Waals surface area contributed by atoms with Crippen molar-refractivity contribution in [3.05, 3.63) is 52.5 Å². The SMILES string of the molecule is COc1ccc(C(=O)N/N=C2\CCCc3oc(C(=O)NC(C)C)c(C)c32)cc1. The number of benzene rings is 1. The van der Waals surface area contributed by atoms with Crippen molar-refractivity contribution in [1.29, 1.82) is 0 Å². The molecule has 1 aliphatic rings. The molecule has 0 saturated carbocycles. The van der Waals surface area contributed by atoms with Crippen LogP contribution in [0.25, 0.3) is 0 Å². The normalized spacial score (nSPS) is 14.7. The maximum absolute atomic E-state index is 12.4. The Kier molecular flexibility index (Phi) is 5.82. The predicted octanol–water partition coefficient (Wildman–Crippen LogP) is 3.21. The van der Waals surface area contributed by atoms with Crippen LogP contribution in [0, 0.1) is 6.92 Å². The number of carbonyl (C=O) groups excluding carboxylic acids is 2. The van der Waals surface area contributed by atoms with Crippen LogP contribution in [0.4, 0.5) is 0 Å². The van der Waals surface area contributed by atoms with Crippen molar-refractivity contribution in [3.8, 4) is 5.75 Å². The molecule has 0 spiro atoms. The second-order valence-electron chi connectivity index (χ2n) is 7.06. The number of fused-ring (bicyclic) bond motifs is 1. The first-order valence-electron chi connectivity index (χ1n) is 9.35. The first-order valence-corrected chi connectivity index (χ1v) is 9.35. The fourth-order valence-corrected chi connectivity index (χ4v) is 3.25. The van der Waals surface area contributed by atoms with Gasteiger partial charge in [-0.1, -0.05) is 0 Å². The third-order valence-corrected chi connectivity index (χ3v) is 4.60. The molecular formula is C21H25N3O4. The molecule has 7 heteroatoms. The first-order chi connectivity index (χ1) is 13.4. The van der Waals surface area contributed by atoms with Crippen LogP contribution in [0.5, 0.6) is 5.75 Å². The number of hydrogen-bond donors (Lipinski definition) is 2. The number of hydrazone groups is 1. The number of nitrogens with one attached hydrogen (secondary N) is 2. The van der Waals surface area contributed by atoms with E-state index in [1.165, 1.54) is 0 Å². The zero-order chi connectivity index (χ0) is 20.3. The minimum Gasteiger partial charge on any atom is -0.497 e. The van der Waals surface area contributed by atoms with Crippen molar-refractivity contribution in [2.45, 2.75) is 46.1 Å². The van der Waals surface area contributed by atoms with Crippen LogP contribution in [-0.4, -0.2) is 30.7 Å². The largest absolute Gasteiger partial charge is 0.497 e. The second-order valence-corrected chi connectivity index (χ2v) is 7.06. The van der Waals surface area contributed by atoms with Gasteiger partial charge in [-0.15, -0.1) is 0 Å². The maximum atomic E-state index is 12.4. The monoisotopic (exact) mass is 383 g/mol. The van der Waals surface area contributed by atoms with E-state index in [2.05, 4.69) is 15.8 Å². The fourth-order valence-electron chi connectivity index (χ4n) is 3.25. The van der Waals surface area contributed by atoms with Crippen molar-refractivity contribution in [3.63, 3.8) is 0 Å². The summed E-state index contributed by atoms with van der Waals surface area (Å²) in [7, 11) is 1.57. The Hall–Kier alpha value is -3.09. The Morgan fingerprint density at radius 3 is 2.50 bits per heavy atom. The van der Waals surface area contributed by atoms with Gasteiger partial charge in [0, 0.05) is 29.2 Å². The van der Waals surface area contributed by atoms with Crippen LogP contribution < -0.4 is 15.5 Å². The summed E-state index contributed by atoms with van der Waals surface area (Å²) in [6.07, 6.45) is 2.31. The lowest BCUT2D eigenvalue weighted by Gasteiger charge is -2.13. The van der Waals surface area contributed by atoms with Crippen molar-refractivity contribution >= 4 is 17.5 Å². The molecule has 0 fully saturated rings. The number of aryl methyl sites for hydroxylation is 1. The summed E-state index contributed by atoms with van der Waals surface area (Å²) < 4.78 is 10.9. The highest BCUT2D eigenvalue weighted by Gasteiger charge is 2.28. The molecular weight excluding hydrogens is 358 g/mol. The zero-order valence-corrected chi connectivity index (χ0v) is 16.6. The number of amides is 2. The quantitative estimate of drug-likeness (QED) is 0.776. The van der Waals surface area contributed by atoms with E-state index >= 15 is 0 Å². The molecule has 2 aromatic rings. The molecule has 0 bridgehead atoms. The summed E-state index contributed by atoms with van der Waals surface area (Å²) in [6, 6.07) is 6.82. The Bertz CT molecular complexity index is 910. The van der Waals surface area contributed by atoms with Crippen molar-refractivity contribution in [2.24, 2.45) is 5.10 Å². The number of ether oxygens (including phenoxy) is 1. The Labute approximate surface area is 164 Å². The molecule has 0 saturated heterocycles. The standard InChI is InChI=1S/C21H25N3O4/c1-12(2)22-21(26)19-13(3)18-16(6-5-7-17(18)28-19)23-24-20(25)14-8-10-15(27-4)11-9-14/h8-12H,5-7H2,1-4H3,(H,22,26)(H,24,25)/b23-16+. The molecule has 0 aliphatic heterocycles. The van der Waals surface area contributed by atoms with E-state index in [9.17, 15) is 9.59 Å². The highest BCUT2D eigenvalue weighted by Crippen LogP contribution is 2.30.